The van der Waals surface area contributed by atoms with Crippen molar-refractivity contribution in [1.29, 1.82) is 0 Å². The molecule has 1 atom stereocenters. The van der Waals surface area contributed by atoms with Gasteiger partial charge in [-0.3, -0.25) is 9.69 Å². The molecule has 0 aromatic heterocycles. The zero-order chi connectivity index (χ0) is 22.2. The van der Waals surface area contributed by atoms with Gasteiger partial charge >= 0.3 is 0 Å². The third-order valence-corrected chi connectivity index (χ3v) is 6.24. The number of carbonyl (C=O) groups is 1. The fraction of sp³-hybridized carbons (Fsp3) is 0.269. The van der Waals surface area contributed by atoms with Gasteiger partial charge in [-0.25, -0.2) is 0 Å². The van der Waals surface area contributed by atoms with Crippen molar-refractivity contribution < 1.29 is 14.3 Å². The van der Waals surface area contributed by atoms with Crippen LogP contribution in [0, 0.1) is 0 Å². The van der Waals surface area contributed by atoms with Gasteiger partial charge in [-0.1, -0.05) is 48.5 Å². The Bertz CT molecular complexity index is 1110. The second-order valence-electron chi connectivity index (χ2n) is 8.33. The second kappa shape index (κ2) is 8.03. The Morgan fingerprint density at radius 3 is 2.35 bits per heavy atom. The number of fused-ring (bicyclic) bond motifs is 1. The van der Waals surface area contributed by atoms with E-state index in [2.05, 4.69) is 0 Å². The van der Waals surface area contributed by atoms with Crippen LogP contribution in [0.25, 0.3) is 0 Å². The Labute approximate surface area is 188 Å². The summed E-state index contributed by atoms with van der Waals surface area (Å²) < 4.78 is 11.8. The van der Waals surface area contributed by atoms with E-state index in [1.807, 2.05) is 86.6 Å². The summed E-state index contributed by atoms with van der Waals surface area (Å²) in [5, 5.41) is 0. The molecule has 1 unspecified atom stereocenters. The van der Waals surface area contributed by atoms with E-state index in [0.717, 1.165) is 28.1 Å². The quantitative estimate of drug-likeness (QED) is 0.428. The lowest BCUT2D eigenvalue weighted by Crippen LogP contribution is -2.33. The summed E-state index contributed by atoms with van der Waals surface area (Å²) in [5.41, 5.74) is 3.60. The number of anilines is 2. The SMILES string of the molecule is COC(C)(C)c1cc(OCc2ccccc2)ccc1N1C(=O)C(C)(Cl)c2ccccc21. The van der Waals surface area contributed by atoms with Crippen LogP contribution < -0.4 is 9.64 Å². The third kappa shape index (κ3) is 3.82. The molecule has 1 aliphatic rings. The highest BCUT2D eigenvalue weighted by molar-refractivity contribution is 6.40. The van der Waals surface area contributed by atoms with E-state index >= 15 is 0 Å². The van der Waals surface area contributed by atoms with E-state index in [1.165, 1.54) is 0 Å². The van der Waals surface area contributed by atoms with Crippen LogP contribution in [-0.2, 0) is 26.6 Å². The minimum absolute atomic E-state index is 0.179. The number of para-hydroxylation sites is 1. The minimum atomic E-state index is -1.12. The first kappa shape index (κ1) is 21.4. The molecule has 0 spiro atoms. The predicted molar refractivity (Wildman–Crippen MR) is 124 cm³/mol. The number of nitrogens with zero attached hydrogens (tertiary/aromatic N) is 1. The number of benzene rings is 3. The van der Waals surface area contributed by atoms with Crippen molar-refractivity contribution in [3.63, 3.8) is 0 Å². The number of hydrogen-bond donors (Lipinski definition) is 0. The van der Waals surface area contributed by atoms with Gasteiger partial charge < -0.3 is 9.47 Å². The average Bonchev–Trinajstić information content (AvgIpc) is 2.98. The molecule has 0 saturated carbocycles. The first-order valence-corrected chi connectivity index (χ1v) is 10.6. The number of rotatable bonds is 6. The van der Waals surface area contributed by atoms with Crippen LogP contribution in [0.2, 0.25) is 0 Å². The molecule has 0 bridgehead atoms. The van der Waals surface area contributed by atoms with Crippen LogP contribution in [0.3, 0.4) is 0 Å². The van der Waals surface area contributed by atoms with Crippen molar-refractivity contribution in [3.05, 3.63) is 89.5 Å². The van der Waals surface area contributed by atoms with Gasteiger partial charge in [0.25, 0.3) is 5.91 Å². The maximum atomic E-state index is 13.4. The van der Waals surface area contributed by atoms with Crippen LogP contribution in [0.15, 0.2) is 72.8 Å². The molecule has 1 amide bonds. The van der Waals surface area contributed by atoms with Crippen molar-refractivity contribution in [1.82, 2.24) is 0 Å². The highest BCUT2D eigenvalue weighted by Gasteiger charge is 2.47. The molecule has 1 heterocycles. The van der Waals surface area contributed by atoms with Crippen molar-refractivity contribution in [2.75, 3.05) is 12.0 Å². The average molecular weight is 436 g/mol. The Kier molecular flexibility index (Phi) is 5.54. The second-order valence-corrected chi connectivity index (χ2v) is 9.08. The van der Waals surface area contributed by atoms with Gasteiger partial charge in [-0.2, -0.15) is 0 Å². The molecule has 1 aliphatic heterocycles. The fourth-order valence-corrected chi connectivity index (χ4v) is 4.12. The summed E-state index contributed by atoms with van der Waals surface area (Å²) in [6.07, 6.45) is 0. The molecule has 3 aromatic carbocycles. The highest BCUT2D eigenvalue weighted by atomic mass is 35.5. The molecule has 31 heavy (non-hydrogen) atoms. The van der Waals surface area contributed by atoms with E-state index in [9.17, 15) is 4.79 Å². The van der Waals surface area contributed by atoms with Crippen molar-refractivity contribution in [2.45, 2.75) is 37.9 Å². The monoisotopic (exact) mass is 435 g/mol. The lowest BCUT2D eigenvalue weighted by atomic mass is 9.95. The Hall–Kier alpha value is -2.82. The summed E-state index contributed by atoms with van der Waals surface area (Å²) in [6.45, 7) is 6.14. The zero-order valence-electron chi connectivity index (χ0n) is 18.2. The molecule has 4 nitrogen and oxygen atoms in total. The molecule has 0 aliphatic carbocycles. The molecular weight excluding hydrogens is 410 g/mol. The summed E-state index contributed by atoms with van der Waals surface area (Å²) in [6, 6.07) is 23.4. The number of amides is 1. The number of methoxy groups -OCH3 is 1. The molecule has 3 aromatic rings. The standard InChI is InChI=1S/C26H26ClNO3/c1-25(2,30-4)21-16-19(31-17-18-10-6-5-7-11-18)14-15-23(21)28-22-13-9-8-12-20(22)26(3,27)24(28)29/h5-16H,17H2,1-4H3. The third-order valence-electron chi connectivity index (χ3n) is 5.87. The molecule has 0 fully saturated rings. The van der Waals surface area contributed by atoms with Crippen LogP contribution in [0.5, 0.6) is 5.75 Å². The van der Waals surface area contributed by atoms with E-state index in [-0.39, 0.29) is 5.91 Å². The van der Waals surface area contributed by atoms with E-state index in [1.54, 1.807) is 18.9 Å². The van der Waals surface area contributed by atoms with Crippen LogP contribution >= 0.6 is 11.6 Å². The van der Waals surface area contributed by atoms with Gasteiger partial charge in [0.2, 0.25) is 0 Å². The summed E-state index contributed by atoms with van der Waals surface area (Å²) >= 11 is 6.70. The van der Waals surface area contributed by atoms with Gasteiger partial charge in [0.1, 0.15) is 17.2 Å². The zero-order valence-corrected chi connectivity index (χ0v) is 18.9. The van der Waals surface area contributed by atoms with Gasteiger partial charge in [-0.15, -0.1) is 11.6 Å². The first-order chi connectivity index (χ1) is 14.8. The molecular formula is C26H26ClNO3. The minimum Gasteiger partial charge on any atom is -0.489 e. The number of ether oxygens (including phenoxy) is 2. The molecule has 0 N–H and O–H groups in total. The van der Waals surface area contributed by atoms with E-state index in [0.29, 0.717) is 12.4 Å². The van der Waals surface area contributed by atoms with Gasteiger partial charge in [0.05, 0.1) is 17.0 Å². The summed E-state index contributed by atoms with van der Waals surface area (Å²) in [7, 11) is 1.66. The van der Waals surface area contributed by atoms with E-state index in [4.69, 9.17) is 21.1 Å². The number of hydrogen-bond acceptors (Lipinski definition) is 3. The molecule has 4 rings (SSSR count). The predicted octanol–water partition coefficient (Wildman–Crippen LogP) is 6.28. The maximum absolute atomic E-state index is 13.4. The van der Waals surface area contributed by atoms with Gasteiger partial charge in [0.15, 0.2) is 0 Å². The molecule has 160 valence electrons. The summed E-state index contributed by atoms with van der Waals surface area (Å²) in [4.78, 5) is 13.9. The van der Waals surface area contributed by atoms with E-state index < -0.39 is 10.5 Å². The number of alkyl halides is 1. The van der Waals surface area contributed by atoms with Gasteiger partial charge in [-0.05, 0) is 50.6 Å². The van der Waals surface area contributed by atoms with Crippen molar-refractivity contribution >= 4 is 28.9 Å². The van der Waals surface area contributed by atoms with Crippen molar-refractivity contribution in [2.24, 2.45) is 0 Å². The molecule has 0 saturated heterocycles. The topological polar surface area (TPSA) is 38.8 Å². The Morgan fingerprint density at radius 1 is 0.968 bits per heavy atom. The molecule has 0 radical (unpaired) electrons. The van der Waals surface area contributed by atoms with Gasteiger partial charge in [0, 0.05) is 18.2 Å². The Morgan fingerprint density at radius 2 is 1.65 bits per heavy atom. The largest absolute Gasteiger partial charge is 0.489 e. The molecule has 5 heteroatoms. The van der Waals surface area contributed by atoms with Crippen LogP contribution in [-0.4, -0.2) is 13.0 Å². The number of halogens is 1. The van der Waals surface area contributed by atoms with Crippen molar-refractivity contribution in [3.8, 4) is 5.75 Å². The smallest absolute Gasteiger partial charge is 0.257 e. The normalized spacial score (nSPS) is 18.2. The number of carbonyl (C=O) groups excluding carboxylic acids is 1. The highest BCUT2D eigenvalue weighted by Crippen LogP contribution is 2.50. The van der Waals surface area contributed by atoms with Crippen LogP contribution in [0.4, 0.5) is 11.4 Å². The first-order valence-electron chi connectivity index (χ1n) is 10.2. The summed E-state index contributed by atoms with van der Waals surface area (Å²) in [5.74, 6) is 0.530. The fourth-order valence-electron chi connectivity index (χ4n) is 3.87. The lowest BCUT2D eigenvalue weighted by molar-refractivity contribution is -0.119. The lowest BCUT2D eigenvalue weighted by Gasteiger charge is -2.31. The van der Waals surface area contributed by atoms with Crippen LogP contribution in [0.1, 0.15) is 37.5 Å². The Balaban J connectivity index is 1.77. The maximum Gasteiger partial charge on any atom is 0.257 e.